The summed E-state index contributed by atoms with van der Waals surface area (Å²) in [6, 6.07) is 1.74. The van der Waals surface area contributed by atoms with E-state index >= 15 is 0 Å². The lowest BCUT2D eigenvalue weighted by molar-refractivity contribution is 0.215. The molecule has 1 N–H and O–H groups in total. The lowest BCUT2D eigenvalue weighted by Gasteiger charge is -2.20. The molecule has 0 aromatic carbocycles. The first-order valence-corrected chi connectivity index (χ1v) is 10.3. The number of rotatable bonds is 7. The summed E-state index contributed by atoms with van der Waals surface area (Å²) in [5.41, 5.74) is 0.836. The summed E-state index contributed by atoms with van der Waals surface area (Å²) >= 11 is 5.32. The van der Waals surface area contributed by atoms with Gasteiger partial charge in [-0.1, -0.05) is 13.8 Å². The van der Waals surface area contributed by atoms with E-state index in [2.05, 4.69) is 9.97 Å². The number of nitrogens with zero attached hydrogens (tertiary/aromatic N) is 2. The zero-order chi connectivity index (χ0) is 18.0. The predicted molar refractivity (Wildman–Crippen MR) is 96.4 cm³/mol. The van der Waals surface area contributed by atoms with Crippen molar-refractivity contribution in [2.24, 2.45) is 0 Å². The molecular weight excluding hydrogens is 335 g/mol. The van der Waals surface area contributed by atoms with Crippen LogP contribution in [0.4, 0.5) is 0 Å². The third-order valence-corrected chi connectivity index (χ3v) is 4.56. The van der Waals surface area contributed by atoms with Crippen molar-refractivity contribution in [2.75, 3.05) is 13.2 Å². The molecule has 0 fully saturated rings. The molecule has 1 rings (SSSR count). The monoisotopic (exact) mass is 364 g/mol. The van der Waals surface area contributed by atoms with Gasteiger partial charge in [-0.2, -0.15) is 4.98 Å². The summed E-state index contributed by atoms with van der Waals surface area (Å²) < 4.78 is 16.6. The van der Waals surface area contributed by atoms with Gasteiger partial charge in [-0.05, 0) is 34.6 Å². The van der Waals surface area contributed by atoms with E-state index in [4.69, 9.17) is 30.5 Å². The number of aromatic nitrogens is 2. The van der Waals surface area contributed by atoms with Crippen molar-refractivity contribution in [2.45, 2.75) is 60.5 Å². The van der Waals surface area contributed by atoms with Crippen LogP contribution in [0.2, 0.25) is 0 Å². The molecule has 0 aliphatic carbocycles. The van der Waals surface area contributed by atoms with Gasteiger partial charge in [0.05, 0.1) is 13.2 Å². The highest BCUT2D eigenvalue weighted by Crippen LogP contribution is 2.49. The van der Waals surface area contributed by atoms with Gasteiger partial charge in [-0.15, -0.1) is 0 Å². The van der Waals surface area contributed by atoms with E-state index in [0.29, 0.717) is 19.1 Å². The minimum Gasteiger partial charge on any atom is -0.406 e. The highest BCUT2D eigenvalue weighted by atomic mass is 32.5. The fraction of sp³-hybridized carbons (Fsp3) is 0.733. The van der Waals surface area contributed by atoms with Crippen LogP contribution in [0.5, 0.6) is 5.88 Å². The Labute approximate surface area is 144 Å². The minimum atomic E-state index is -2.77. The average molecular weight is 364 g/mol. The quantitative estimate of drug-likeness (QED) is 0.734. The predicted octanol–water partition coefficient (Wildman–Crippen LogP) is 3.97. The van der Waals surface area contributed by atoms with Crippen molar-refractivity contribution in [3.8, 4) is 5.88 Å². The number of aliphatic hydroxyl groups excluding tert-OH is 1. The zero-order valence-electron chi connectivity index (χ0n) is 15.1. The molecule has 134 valence electrons. The molecule has 0 atom stereocenters. The Morgan fingerprint density at radius 1 is 1.13 bits per heavy atom. The van der Waals surface area contributed by atoms with E-state index in [1.807, 2.05) is 34.6 Å². The fourth-order valence-corrected chi connectivity index (χ4v) is 3.38. The second-order valence-corrected chi connectivity index (χ2v) is 8.26. The van der Waals surface area contributed by atoms with E-state index in [9.17, 15) is 0 Å². The normalized spacial score (nSPS) is 11.4. The molecule has 0 radical (unpaired) electrons. The zero-order valence-corrected chi connectivity index (χ0v) is 16.8. The van der Waals surface area contributed by atoms with Gasteiger partial charge >= 0.3 is 6.72 Å². The molecule has 0 amide bonds. The molecule has 0 saturated heterocycles. The lowest BCUT2D eigenvalue weighted by Crippen LogP contribution is -2.06. The first-order chi connectivity index (χ1) is 10.6. The van der Waals surface area contributed by atoms with Crippen LogP contribution in [0.15, 0.2) is 6.07 Å². The van der Waals surface area contributed by atoms with Gasteiger partial charge in [-0.3, -0.25) is 9.05 Å². The lowest BCUT2D eigenvalue weighted by atomic mass is 10.2. The Hall–Kier alpha value is -0.590. The Balaban J connectivity index is 0.00000108. The van der Waals surface area contributed by atoms with E-state index in [-0.39, 0.29) is 12.0 Å². The van der Waals surface area contributed by atoms with Crippen molar-refractivity contribution < 1.29 is 18.7 Å². The van der Waals surface area contributed by atoms with Crippen LogP contribution in [0.25, 0.3) is 0 Å². The number of hydrogen-bond acceptors (Lipinski definition) is 7. The average Bonchev–Trinajstić information content (AvgIpc) is 2.37. The molecule has 0 aliphatic heterocycles. The van der Waals surface area contributed by atoms with Crippen LogP contribution in [-0.2, 0) is 20.9 Å². The Morgan fingerprint density at radius 3 is 2.00 bits per heavy atom. The SMILES string of the molecule is CC(C)O.CCOP(=S)(OCC)Oc1cc(C)nc(C(C)C)n1. The third kappa shape index (κ3) is 9.99. The van der Waals surface area contributed by atoms with Crippen molar-refractivity contribution in [1.82, 2.24) is 9.97 Å². The van der Waals surface area contributed by atoms with E-state index in [1.165, 1.54) is 0 Å². The second kappa shape index (κ2) is 11.0. The maximum atomic E-state index is 8.06. The van der Waals surface area contributed by atoms with E-state index in [0.717, 1.165) is 11.5 Å². The van der Waals surface area contributed by atoms with Gasteiger partial charge in [-0.25, -0.2) is 4.98 Å². The van der Waals surface area contributed by atoms with Gasteiger partial charge in [0, 0.05) is 35.6 Å². The maximum absolute atomic E-state index is 8.06. The smallest absolute Gasteiger partial charge is 0.381 e. The molecule has 0 spiro atoms. The van der Waals surface area contributed by atoms with E-state index < -0.39 is 6.72 Å². The first-order valence-electron chi connectivity index (χ1n) is 7.75. The van der Waals surface area contributed by atoms with Crippen LogP contribution >= 0.6 is 6.72 Å². The second-order valence-electron chi connectivity index (χ2n) is 5.33. The van der Waals surface area contributed by atoms with Gasteiger partial charge in [0.15, 0.2) is 0 Å². The molecule has 8 heteroatoms. The highest BCUT2D eigenvalue weighted by Gasteiger charge is 2.22. The van der Waals surface area contributed by atoms with Crippen LogP contribution in [0.3, 0.4) is 0 Å². The molecule has 23 heavy (non-hydrogen) atoms. The van der Waals surface area contributed by atoms with Gasteiger partial charge in [0.25, 0.3) is 0 Å². The molecule has 1 aromatic rings. The van der Waals surface area contributed by atoms with Crippen molar-refractivity contribution in [3.63, 3.8) is 0 Å². The Bertz CT molecular complexity index is 499. The Kier molecular flexibility index (Phi) is 10.8. The van der Waals surface area contributed by atoms with Crippen molar-refractivity contribution in [1.29, 1.82) is 0 Å². The molecule has 0 saturated carbocycles. The van der Waals surface area contributed by atoms with Crippen LogP contribution in [0.1, 0.15) is 59.0 Å². The maximum Gasteiger partial charge on any atom is 0.381 e. The largest absolute Gasteiger partial charge is 0.406 e. The van der Waals surface area contributed by atoms with Crippen LogP contribution in [-0.4, -0.2) is 34.4 Å². The van der Waals surface area contributed by atoms with Crippen molar-refractivity contribution >= 4 is 18.5 Å². The summed E-state index contributed by atoms with van der Waals surface area (Å²) in [5.74, 6) is 1.37. The molecule has 0 bridgehead atoms. The van der Waals surface area contributed by atoms with Gasteiger partial charge in [0.2, 0.25) is 5.88 Å². The fourth-order valence-electron chi connectivity index (χ4n) is 1.39. The van der Waals surface area contributed by atoms with Gasteiger partial charge in [0.1, 0.15) is 5.82 Å². The van der Waals surface area contributed by atoms with Crippen molar-refractivity contribution in [3.05, 3.63) is 17.6 Å². The highest BCUT2D eigenvalue weighted by molar-refractivity contribution is 8.07. The summed E-state index contributed by atoms with van der Waals surface area (Å²) in [4.78, 5) is 8.71. The van der Waals surface area contributed by atoms with Crippen LogP contribution in [0, 0.1) is 6.92 Å². The Morgan fingerprint density at radius 2 is 1.61 bits per heavy atom. The number of hydrogen-bond donors (Lipinski definition) is 1. The molecule has 1 aromatic heterocycles. The first kappa shape index (κ1) is 22.4. The molecule has 0 unspecified atom stereocenters. The number of aliphatic hydroxyl groups is 1. The number of aryl methyl sites for hydroxylation is 1. The molecule has 1 heterocycles. The van der Waals surface area contributed by atoms with Crippen LogP contribution < -0.4 is 4.52 Å². The molecule has 0 aliphatic rings. The summed E-state index contributed by atoms with van der Waals surface area (Å²) in [5, 5.41) is 8.06. The standard InChI is InChI=1S/C12H21N2O3PS.C3H8O/c1-6-15-18(19,16-7-2)17-11-8-10(5)13-12(14-11)9(3)4;1-3(2)4/h8-9H,6-7H2,1-5H3;3-4H,1-2H3. The van der Waals surface area contributed by atoms with Gasteiger partial charge < -0.3 is 9.63 Å². The topological polar surface area (TPSA) is 73.7 Å². The summed E-state index contributed by atoms with van der Waals surface area (Å²) in [6.45, 7) is 11.2. The summed E-state index contributed by atoms with van der Waals surface area (Å²) in [7, 11) is 0. The van der Waals surface area contributed by atoms with E-state index in [1.54, 1.807) is 19.9 Å². The minimum absolute atomic E-state index is 0.167. The molecule has 6 nitrogen and oxygen atoms in total. The molecular formula is C15H29N2O4PS. The third-order valence-electron chi connectivity index (χ3n) is 2.14. The summed E-state index contributed by atoms with van der Waals surface area (Å²) in [6.07, 6.45) is -0.167.